The molecule has 0 heterocycles. The number of nitrogens with one attached hydrogen (secondary N) is 1. The highest BCUT2D eigenvalue weighted by atomic mass is 14.9. The van der Waals surface area contributed by atoms with Gasteiger partial charge in [-0.3, -0.25) is 0 Å². The van der Waals surface area contributed by atoms with Crippen LogP contribution in [0.5, 0.6) is 0 Å². The zero-order valence-electron chi connectivity index (χ0n) is 10.9. The summed E-state index contributed by atoms with van der Waals surface area (Å²) in [5.41, 5.74) is 1.45. The highest BCUT2D eigenvalue weighted by Crippen LogP contribution is 2.17. The number of hydrogen-bond donors (Lipinski definition) is 1. The molecule has 1 aromatic carbocycles. The summed E-state index contributed by atoms with van der Waals surface area (Å²) in [4.78, 5) is 0. The molecule has 0 fully saturated rings. The molecule has 1 atom stereocenters. The molecule has 1 rings (SSSR count). The van der Waals surface area contributed by atoms with Gasteiger partial charge in [0, 0.05) is 6.04 Å². The number of benzene rings is 1. The van der Waals surface area contributed by atoms with E-state index in [-0.39, 0.29) is 0 Å². The molecule has 0 radical (unpaired) electrons. The molecule has 0 saturated heterocycles. The maximum Gasteiger partial charge on any atom is 0.00952 e. The maximum atomic E-state index is 3.47. The first-order chi connectivity index (χ1) is 7.81. The van der Waals surface area contributed by atoms with Gasteiger partial charge in [0.15, 0.2) is 0 Å². The van der Waals surface area contributed by atoms with Crippen LogP contribution < -0.4 is 5.32 Å². The van der Waals surface area contributed by atoms with Gasteiger partial charge in [-0.25, -0.2) is 0 Å². The smallest absolute Gasteiger partial charge is 0.00952 e. The number of hydrogen-bond acceptors (Lipinski definition) is 1. The van der Waals surface area contributed by atoms with E-state index in [1.807, 2.05) is 0 Å². The fourth-order valence-electron chi connectivity index (χ4n) is 2.44. The molecule has 1 nitrogen and oxygen atoms in total. The van der Waals surface area contributed by atoms with E-state index in [0.29, 0.717) is 6.04 Å². The highest BCUT2D eigenvalue weighted by molar-refractivity contribution is 5.14. The molecule has 0 aliphatic carbocycles. The summed E-state index contributed by atoms with van der Waals surface area (Å²) in [5.74, 6) is 0.814. The van der Waals surface area contributed by atoms with Crippen molar-refractivity contribution in [3.8, 4) is 0 Å². The predicted molar refractivity (Wildman–Crippen MR) is 71.7 cm³/mol. The minimum atomic E-state index is 0.662. The van der Waals surface area contributed by atoms with Gasteiger partial charge < -0.3 is 5.32 Å². The summed E-state index contributed by atoms with van der Waals surface area (Å²) in [6.07, 6.45) is 4.98. The van der Waals surface area contributed by atoms with Gasteiger partial charge in [-0.1, -0.05) is 57.0 Å². The van der Waals surface area contributed by atoms with Crippen molar-refractivity contribution in [2.24, 2.45) is 5.92 Å². The van der Waals surface area contributed by atoms with E-state index < -0.39 is 0 Å². The van der Waals surface area contributed by atoms with Crippen LogP contribution >= 0.6 is 0 Å². The Balaban J connectivity index is 2.45. The molecule has 0 aliphatic rings. The van der Waals surface area contributed by atoms with E-state index in [4.69, 9.17) is 0 Å². The van der Waals surface area contributed by atoms with E-state index in [1.165, 1.54) is 31.2 Å². The Morgan fingerprint density at radius 1 is 1.06 bits per heavy atom. The van der Waals surface area contributed by atoms with Crippen LogP contribution in [0.15, 0.2) is 30.3 Å². The summed E-state index contributed by atoms with van der Waals surface area (Å²) >= 11 is 0. The summed E-state index contributed by atoms with van der Waals surface area (Å²) < 4.78 is 0. The van der Waals surface area contributed by atoms with E-state index in [1.54, 1.807) is 0 Å². The lowest BCUT2D eigenvalue weighted by atomic mass is 9.90. The molecule has 0 amide bonds. The Labute approximate surface area is 100 Å². The first kappa shape index (κ1) is 13.2. The molecule has 1 unspecified atom stereocenters. The molecule has 1 heteroatoms. The molecule has 0 saturated carbocycles. The van der Waals surface area contributed by atoms with Crippen LogP contribution in [-0.4, -0.2) is 13.1 Å². The lowest BCUT2D eigenvalue weighted by molar-refractivity contribution is 0.334. The zero-order valence-corrected chi connectivity index (χ0v) is 10.9. The van der Waals surface area contributed by atoms with Crippen LogP contribution in [0.25, 0.3) is 0 Å². The SMILES string of the molecule is CCC(CC)C(CCc1ccccc1)NC. The molecule has 90 valence electrons. The molecule has 0 spiro atoms. The second-order valence-corrected chi connectivity index (χ2v) is 4.50. The molecule has 0 bridgehead atoms. The van der Waals surface area contributed by atoms with Gasteiger partial charge in [-0.2, -0.15) is 0 Å². The summed E-state index contributed by atoms with van der Waals surface area (Å²) in [5, 5.41) is 3.47. The van der Waals surface area contributed by atoms with Crippen molar-refractivity contribution in [2.75, 3.05) is 7.05 Å². The lowest BCUT2D eigenvalue weighted by Gasteiger charge is -2.24. The fourth-order valence-corrected chi connectivity index (χ4v) is 2.44. The Hall–Kier alpha value is -0.820. The first-order valence-corrected chi connectivity index (χ1v) is 6.53. The largest absolute Gasteiger partial charge is 0.317 e. The van der Waals surface area contributed by atoms with Crippen LogP contribution in [0.4, 0.5) is 0 Å². The second kappa shape index (κ2) is 7.45. The Morgan fingerprint density at radius 2 is 1.69 bits per heavy atom. The lowest BCUT2D eigenvalue weighted by Crippen LogP contribution is -2.33. The van der Waals surface area contributed by atoms with Crippen LogP contribution in [0.2, 0.25) is 0 Å². The topological polar surface area (TPSA) is 12.0 Å². The van der Waals surface area contributed by atoms with Crippen LogP contribution in [0, 0.1) is 5.92 Å². The molecule has 16 heavy (non-hydrogen) atoms. The second-order valence-electron chi connectivity index (χ2n) is 4.50. The Bertz CT molecular complexity index is 264. The molecule has 0 aliphatic heterocycles. The van der Waals surface area contributed by atoms with Crippen molar-refractivity contribution in [1.29, 1.82) is 0 Å². The van der Waals surface area contributed by atoms with E-state index in [2.05, 4.69) is 56.5 Å². The summed E-state index contributed by atoms with van der Waals surface area (Å²) in [7, 11) is 2.09. The van der Waals surface area contributed by atoms with E-state index in [9.17, 15) is 0 Å². The van der Waals surface area contributed by atoms with Gasteiger partial charge in [0.05, 0.1) is 0 Å². The van der Waals surface area contributed by atoms with Crippen molar-refractivity contribution in [1.82, 2.24) is 5.32 Å². The highest BCUT2D eigenvalue weighted by Gasteiger charge is 2.15. The van der Waals surface area contributed by atoms with Crippen molar-refractivity contribution in [3.63, 3.8) is 0 Å². The van der Waals surface area contributed by atoms with E-state index >= 15 is 0 Å². The van der Waals surface area contributed by atoms with Crippen LogP contribution in [-0.2, 0) is 6.42 Å². The van der Waals surface area contributed by atoms with Gasteiger partial charge in [-0.05, 0) is 31.4 Å². The maximum absolute atomic E-state index is 3.47. The molecular weight excluding hydrogens is 194 g/mol. The predicted octanol–water partition coefficient (Wildman–Crippen LogP) is 3.64. The number of aryl methyl sites for hydroxylation is 1. The monoisotopic (exact) mass is 219 g/mol. The molecule has 1 aromatic rings. The van der Waals surface area contributed by atoms with Gasteiger partial charge in [-0.15, -0.1) is 0 Å². The summed E-state index contributed by atoms with van der Waals surface area (Å²) in [6.45, 7) is 4.59. The van der Waals surface area contributed by atoms with Crippen molar-refractivity contribution in [3.05, 3.63) is 35.9 Å². The summed E-state index contributed by atoms with van der Waals surface area (Å²) in [6, 6.07) is 11.4. The minimum Gasteiger partial charge on any atom is -0.317 e. The Morgan fingerprint density at radius 3 is 2.19 bits per heavy atom. The average Bonchev–Trinajstić information content (AvgIpc) is 2.35. The molecular formula is C15H25N. The zero-order chi connectivity index (χ0) is 11.8. The first-order valence-electron chi connectivity index (χ1n) is 6.53. The van der Waals surface area contributed by atoms with Crippen molar-refractivity contribution < 1.29 is 0 Å². The third-order valence-electron chi connectivity index (χ3n) is 3.58. The third kappa shape index (κ3) is 3.97. The average molecular weight is 219 g/mol. The van der Waals surface area contributed by atoms with E-state index in [0.717, 1.165) is 5.92 Å². The quantitative estimate of drug-likeness (QED) is 0.738. The minimum absolute atomic E-state index is 0.662. The van der Waals surface area contributed by atoms with Gasteiger partial charge >= 0.3 is 0 Å². The normalized spacial score (nSPS) is 13.0. The van der Waals surface area contributed by atoms with Gasteiger partial charge in [0.25, 0.3) is 0 Å². The van der Waals surface area contributed by atoms with Crippen LogP contribution in [0.1, 0.15) is 38.7 Å². The van der Waals surface area contributed by atoms with Gasteiger partial charge in [0.1, 0.15) is 0 Å². The van der Waals surface area contributed by atoms with Crippen LogP contribution in [0.3, 0.4) is 0 Å². The standard InChI is InChI=1S/C15H25N/c1-4-14(5-2)15(16-3)12-11-13-9-7-6-8-10-13/h6-10,14-16H,4-5,11-12H2,1-3H3. The molecule has 1 N–H and O–H groups in total. The van der Waals surface area contributed by atoms with Crippen molar-refractivity contribution in [2.45, 2.75) is 45.6 Å². The fraction of sp³-hybridized carbons (Fsp3) is 0.600. The van der Waals surface area contributed by atoms with Crippen molar-refractivity contribution >= 4 is 0 Å². The van der Waals surface area contributed by atoms with Gasteiger partial charge in [0.2, 0.25) is 0 Å². The number of rotatable bonds is 7. The third-order valence-corrected chi connectivity index (χ3v) is 3.58. The Kier molecular flexibility index (Phi) is 6.17. The molecule has 0 aromatic heterocycles.